The molecule has 0 aliphatic rings. The number of aliphatic carboxylic acids is 1. The second-order valence-corrected chi connectivity index (χ2v) is 7.64. The topological polar surface area (TPSA) is 119 Å². The highest BCUT2D eigenvalue weighted by Gasteiger charge is 2.24. The third-order valence-electron chi connectivity index (χ3n) is 3.51. The summed E-state index contributed by atoms with van der Waals surface area (Å²) in [6.45, 7) is 3.50. The maximum Gasteiger partial charge on any atom is 0.341 e. The number of nitrogens with one attached hydrogen (secondary N) is 1. The van der Waals surface area contributed by atoms with E-state index in [9.17, 15) is 23.1 Å². The van der Waals surface area contributed by atoms with Gasteiger partial charge in [-0.15, -0.1) is 0 Å². The SMILES string of the molecule is COC(=O)c1ccc(S(=O)(=O)NCC(CC(C)C)C(=O)O)cc1OC. The van der Waals surface area contributed by atoms with Gasteiger partial charge in [-0.1, -0.05) is 13.8 Å². The summed E-state index contributed by atoms with van der Waals surface area (Å²) < 4.78 is 36.7. The van der Waals surface area contributed by atoms with Crippen LogP contribution in [0.25, 0.3) is 0 Å². The fourth-order valence-corrected chi connectivity index (χ4v) is 3.35. The molecular formula is C16H23NO7S. The van der Waals surface area contributed by atoms with Gasteiger partial charge in [0.1, 0.15) is 11.3 Å². The van der Waals surface area contributed by atoms with Gasteiger partial charge < -0.3 is 14.6 Å². The Hall–Kier alpha value is -2.13. The first-order valence-corrected chi connectivity index (χ1v) is 9.09. The first-order valence-electron chi connectivity index (χ1n) is 7.61. The van der Waals surface area contributed by atoms with E-state index in [1.54, 1.807) is 0 Å². The molecular weight excluding hydrogens is 350 g/mol. The van der Waals surface area contributed by atoms with E-state index in [0.717, 1.165) is 0 Å². The van der Waals surface area contributed by atoms with E-state index in [-0.39, 0.29) is 28.7 Å². The molecule has 8 nitrogen and oxygen atoms in total. The predicted octanol–water partition coefficient (Wildman–Crippen LogP) is 1.51. The normalized spacial score (nSPS) is 12.7. The van der Waals surface area contributed by atoms with Crippen molar-refractivity contribution in [3.63, 3.8) is 0 Å². The average molecular weight is 373 g/mol. The monoisotopic (exact) mass is 373 g/mol. The summed E-state index contributed by atoms with van der Waals surface area (Å²) in [5.41, 5.74) is 0.0900. The molecule has 1 unspecified atom stereocenters. The Bertz CT molecular complexity index is 728. The van der Waals surface area contributed by atoms with Gasteiger partial charge in [0.25, 0.3) is 0 Å². The van der Waals surface area contributed by atoms with Crippen LogP contribution < -0.4 is 9.46 Å². The number of carbonyl (C=O) groups is 2. The van der Waals surface area contributed by atoms with Gasteiger partial charge in [-0.3, -0.25) is 4.79 Å². The van der Waals surface area contributed by atoms with E-state index in [1.165, 1.54) is 32.4 Å². The highest BCUT2D eigenvalue weighted by Crippen LogP contribution is 2.24. The molecule has 0 saturated heterocycles. The number of esters is 1. The number of rotatable bonds is 9. The summed E-state index contributed by atoms with van der Waals surface area (Å²) >= 11 is 0. The molecule has 1 aromatic carbocycles. The zero-order chi connectivity index (χ0) is 19.2. The minimum absolute atomic E-state index is 0.0479. The second-order valence-electron chi connectivity index (χ2n) is 5.87. The molecule has 0 aliphatic carbocycles. The van der Waals surface area contributed by atoms with Crippen molar-refractivity contribution in [1.82, 2.24) is 4.72 Å². The van der Waals surface area contributed by atoms with Gasteiger partial charge >= 0.3 is 11.9 Å². The standard InChI is InChI=1S/C16H23NO7S/c1-10(2)7-11(15(18)19)9-17-25(21,22)12-5-6-13(16(20)24-4)14(8-12)23-3/h5-6,8,10-11,17H,7,9H2,1-4H3,(H,18,19). The molecule has 25 heavy (non-hydrogen) atoms. The van der Waals surface area contributed by atoms with E-state index in [0.29, 0.717) is 6.42 Å². The lowest BCUT2D eigenvalue weighted by Gasteiger charge is -2.16. The van der Waals surface area contributed by atoms with Crippen molar-refractivity contribution < 1.29 is 32.6 Å². The Morgan fingerprint density at radius 3 is 2.36 bits per heavy atom. The van der Waals surface area contributed by atoms with E-state index in [1.807, 2.05) is 13.8 Å². The van der Waals surface area contributed by atoms with Crippen LogP contribution in [0.15, 0.2) is 23.1 Å². The first kappa shape index (κ1) is 20.9. The van der Waals surface area contributed by atoms with Gasteiger partial charge in [0.2, 0.25) is 10.0 Å². The Kier molecular flexibility index (Phi) is 7.38. The molecule has 0 heterocycles. The maximum absolute atomic E-state index is 12.4. The van der Waals surface area contributed by atoms with Gasteiger partial charge in [0.05, 0.1) is 25.0 Å². The summed E-state index contributed by atoms with van der Waals surface area (Å²) in [6.07, 6.45) is 0.350. The van der Waals surface area contributed by atoms with Crippen LogP contribution in [0.3, 0.4) is 0 Å². The van der Waals surface area contributed by atoms with E-state index in [4.69, 9.17) is 4.74 Å². The van der Waals surface area contributed by atoms with E-state index < -0.39 is 27.9 Å². The number of sulfonamides is 1. The summed E-state index contributed by atoms with van der Waals surface area (Å²) in [5, 5.41) is 9.19. The van der Waals surface area contributed by atoms with Crippen LogP contribution in [0.4, 0.5) is 0 Å². The first-order chi connectivity index (χ1) is 11.6. The van der Waals surface area contributed by atoms with Crippen molar-refractivity contribution in [2.75, 3.05) is 20.8 Å². The Morgan fingerprint density at radius 2 is 1.88 bits per heavy atom. The van der Waals surface area contributed by atoms with Crippen LogP contribution in [0.1, 0.15) is 30.6 Å². The summed E-state index contributed by atoms with van der Waals surface area (Å²) in [6, 6.07) is 3.70. The van der Waals surface area contributed by atoms with Crippen LogP contribution in [0.2, 0.25) is 0 Å². The second kappa shape index (κ2) is 8.82. The lowest BCUT2D eigenvalue weighted by atomic mass is 9.98. The highest BCUT2D eigenvalue weighted by molar-refractivity contribution is 7.89. The molecule has 0 fully saturated rings. The minimum Gasteiger partial charge on any atom is -0.496 e. The van der Waals surface area contributed by atoms with Crippen LogP contribution in [-0.4, -0.2) is 46.2 Å². The van der Waals surface area contributed by atoms with Crippen molar-refractivity contribution in [3.05, 3.63) is 23.8 Å². The molecule has 1 atom stereocenters. The zero-order valence-corrected chi connectivity index (χ0v) is 15.4. The number of methoxy groups -OCH3 is 2. The number of carboxylic acid groups (broad SMARTS) is 1. The molecule has 0 bridgehead atoms. The lowest BCUT2D eigenvalue weighted by Crippen LogP contribution is -2.33. The molecule has 0 amide bonds. The van der Waals surface area contributed by atoms with Crippen molar-refractivity contribution in [1.29, 1.82) is 0 Å². The molecule has 1 rings (SSSR count). The molecule has 0 aliphatic heterocycles. The number of carboxylic acids is 1. The summed E-state index contributed by atoms with van der Waals surface area (Å²) in [7, 11) is -1.45. The largest absolute Gasteiger partial charge is 0.496 e. The van der Waals surface area contributed by atoms with Gasteiger partial charge in [-0.25, -0.2) is 17.9 Å². The van der Waals surface area contributed by atoms with E-state index in [2.05, 4.69) is 9.46 Å². The molecule has 2 N–H and O–H groups in total. The third-order valence-corrected chi connectivity index (χ3v) is 4.93. The zero-order valence-electron chi connectivity index (χ0n) is 14.6. The quantitative estimate of drug-likeness (QED) is 0.630. The van der Waals surface area contributed by atoms with Crippen molar-refractivity contribution in [2.24, 2.45) is 11.8 Å². The Labute approximate surface area is 147 Å². The third kappa shape index (κ3) is 5.71. The van der Waals surface area contributed by atoms with Gasteiger partial charge in [-0.05, 0) is 24.5 Å². The van der Waals surface area contributed by atoms with E-state index >= 15 is 0 Å². The number of carbonyl (C=O) groups excluding carboxylic acids is 1. The smallest absolute Gasteiger partial charge is 0.341 e. The van der Waals surface area contributed by atoms with Crippen LogP contribution in [-0.2, 0) is 19.6 Å². The van der Waals surface area contributed by atoms with Gasteiger partial charge in [0.15, 0.2) is 0 Å². The van der Waals surface area contributed by atoms with Crippen LogP contribution in [0, 0.1) is 11.8 Å². The Balaban J connectivity index is 3.02. The average Bonchev–Trinajstić information content (AvgIpc) is 2.56. The molecule has 1 aromatic rings. The van der Waals surface area contributed by atoms with Crippen molar-refractivity contribution in [3.8, 4) is 5.75 Å². The van der Waals surface area contributed by atoms with Gasteiger partial charge in [-0.2, -0.15) is 0 Å². The van der Waals surface area contributed by atoms with Crippen molar-refractivity contribution in [2.45, 2.75) is 25.2 Å². The van der Waals surface area contributed by atoms with Gasteiger partial charge in [0, 0.05) is 12.6 Å². The summed E-state index contributed by atoms with van der Waals surface area (Å²) in [5.74, 6) is -2.38. The molecule has 0 aromatic heterocycles. The summed E-state index contributed by atoms with van der Waals surface area (Å²) in [4.78, 5) is 22.7. The lowest BCUT2D eigenvalue weighted by molar-refractivity contribution is -0.142. The fourth-order valence-electron chi connectivity index (χ4n) is 2.25. The molecule has 0 radical (unpaired) electrons. The number of hydrogen-bond acceptors (Lipinski definition) is 6. The van der Waals surface area contributed by atoms with Crippen LogP contribution in [0.5, 0.6) is 5.75 Å². The number of benzene rings is 1. The minimum atomic E-state index is -3.95. The number of ether oxygens (including phenoxy) is 2. The highest BCUT2D eigenvalue weighted by atomic mass is 32.2. The molecule has 0 spiro atoms. The van der Waals surface area contributed by atoms with Crippen LogP contribution >= 0.6 is 0 Å². The Morgan fingerprint density at radius 1 is 1.24 bits per heavy atom. The fraction of sp³-hybridized carbons (Fsp3) is 0.500. The van der Waals surface area contributed by atoms with Crippen molar-refractivity contribution >= 4 is 22.0 Å². The predicted molar refractivity (Wildman–Crippen MR) is 90.1 cm³/mol. The number of hydrogen-bond donors (Lipinski definition) is 2. The molecule has 140 valence electrons. The molecule has 0 saturated carbocycles. The molecule has 9 heteroatoms. The maximum atomic E-state index is 12.4.